The number of aromatic nitrogens is 1. The number of fused-ring (bicyclic) bond motifs is 1. The monoisotopic (exact) mass is 452 g/mol. The highest BCUT2D eigenvalue weighted by atomic mass is 32.1. The van der Waals surface area contributed by atoms with Crippen LogP contribution in [-0.2, 0) is 16.1 Å². The zero-order valence-corrected chi connectivity index (χ0v) is 19.5. The largest absolute Gasteiger partial charge is 0.383 e. The summed E-state index contributed by atoms with van der Waals surface area (Å²) in [5, 5.41) is 1.27. The van der Waals surface area contributed by atoms with Gasteiger partial charge in [0.25, 0.3) is 5.91 Å². The molecule has 2 aromatic heterocycles. The summed E-state index contributed by atoms with van der Waals surface area (Å²) in [6.45, 7) is 1.33. The Morgan fingerprint density at radius 3 is 2.48 bits per heavy atom. The average Bonchev–Trinajstić information content (AvgIpc) is 3.35. The van der Waals surface area contributed by atoms with Gasteiger partial charge < -0.3 is 9.30 Å². The van der Waals surface area contributed by atoms with E-state index in [-0.39, 0.29) is 11.3 Å². The zero-order valence-electron chi connectivity index (χ0n) is 17.9. The highest BCUT2D eigenvalue weighted by molar-refractivity contribution is 7.25. The van der Waals surface area contributed by atoms with Gasteiger partial charge in [-0.3, -0.25) is 4.79 Å². The summed E-state index contributed by atoms with van der Waals surface area (Å²) in [5.74, 6) is 2.40. The van der Waals surface area contributed by atoms with Gasteiger partial charge in [0.2, 0.25) is 0 Å². The Kier molecular flexibility index (Phi) is 4.93. The molecule has 2 heterocycles. The summed E-state index contributed by atoms with van der Waals surface area (Å²) >= 11 is 3.44. The Labute approximate surface area is 190 Å². The number of hydrogen-bond acceptors (Lipinski definition) is 4. The molecule has 7 rings (SSSR count). The van der Waals surface area contributed by atoms with Gasteiger partial charge >= 0.3 is 0 Å². The minimum absolute atomic E-state index is 0.141. The second-order valence-electron chi connectivity index (χ2n) is 9.83. The standard InChI is InChI=1S/C25H28N2O2S2/c1-29-7-6-27-15-22(21-11-19-4-2-3-5-20(19)30-21)31-24(27)26-23(28)25-12-16-8-17(13-25)10-18(9-16)14-25/h2-5,11,15-18H,6-10,12-14H2,1H3/b26-24-. The van der Waals surface area contributed by atoms with Crippen molar-refractivity contribution in [3.05, 3.63) is 41.3 Å². The molecule has 4 aliphatic rings. The number of carbonyl (C=O) groups excluding carboxylic acids is 1. The Bertz CT molecular complexity index is 1130. The summed E-state index contributed by atoms with van der Waals surface area (Å²) < 4.78 is 8.74. The maximum Gasteiger partial charge on any atom is 0.254 e. The van der Waals surface area contributed by atoms with E-state index in [0.29, 0.717) is 13.2 Å². The number of carbonyl (C=O) groups is 1. The molecule has 4 fully saturated rings. The van der Waals surface area contributed by atoms with Gasteiger partial charge in [-0.15, -0.1) is 11.3 Å². The van der Waals surface area contributed by atoms with Gasteiger partial charge in [0.1, 0.15) is 0 Å². The normalized spacial score (nSPS) is 29.8. The van der Waals surface area contributed by atoms with Gasteiger partial charge in [-0.25, -0.2) is 0 Å². The van der Waals surface area contributed by atoms with Crippen molar-refractivity contribution in [1.29, 1.82) is 0 Å². The van der Waals surface area contributed by atoms with Crippen LogP contribution >= 0.6 is 22.7 Å². The first-order chi connectivity index (χ1) is 15.1. The minimum atomic E-state index is -0.185. The maximum absolute atomic E-state index is 13.6. The highest BCUT2D eigenvalue weighted by Crippen LogP contribution is 2.60. The van der Waals surface area contributed by atoms with Crippen LogP contribution in [0.3, 0.4) is 0 Å². The smallest absolute Gasteiger partial charge is 0.254 e. The third kappa shape index (κ3) is 3.53. The fourth-order valence-electron chi connectivity index (χ4n) is 6.61. The van der Waals surface area contributed by atoms with Crippen LogP contribution in [-0.4, -0.2) is 24.2 Å². The van der Waals surface area contributed by atoms with Crippen LogP contribution in [0.1, 0.15) is 38.5 Å². The van der Waals surface area contributed by atoms with Crippen molar-refractivity contribution in [2.45, 2.75) is 45.1 Å². The van der Waals surface area contributed by atoms with Crippen molar-refractivity contribution in [3.8, 4) is 9.75 Å². The molecule has 1 aromatic carbocycles. The van der Waals surface area contributed by atoms with Crippen molar-refractivity contribution < 1.29 is 9.53 Å². The van der Waals surface area contributed by atoms with Gasteiger partial charge in [0.15, 0.2) is 4.80 Å². The summed E-state index contributed by atoms with van der Waals surface area (Å²) in [6, 6.07) is 10.7. The number of rotatable bonds is 5. The molecule has 0 radical (unpaired) electrons. The van der Waals surface area contributed by atoms with Gasteiger partial charge in [0, 0.05) is 29.4 Å². The van der Waals surface area contributed by atoms with Crippen LogP contribution in [0, 0.1) is 23.2 Å². The zero-order chi connectivity index (χ0) is 21.0. The Hall–Kier alpha value is -1.76. The molecular weight excluding hydrogens is 424 g/mol. The van der Waals surface area contributed by atoms with E-state index in [9.17, 15) is 4.79 Å². The summed E-state index contributed by atoms with van der Waals surface area (Å²) in [7, 11) is 1.72. The van der Waals surface area contributed by atoms with E-state index in [1.165, 1.54) is 39.1 Å². The lowest BCUT2D eigenvalue weighted by atomic mass is 9.49. The quantitative estimate of drug-likeness (QED) is 0.497. The van der Waals surface area contributed by atoms with Crippen LogP contribution in [0.15, 0.2) is 41.5 Å². The van der Waals surface area contributed by atoms with Crippen molar-refractivity contribution in [2.24, 2.45) is 28.2 Å². The van der Waals surface area contributed by atoms with E-state index in [2.05, 4.69) is 41.1 Å². The van der Waals surface area contributed by atoms with Crippen molar-refractivity contribution in [1.82, 2.24) is 4.57 Å². The topological polar surface area (TPSA) is 43.6 Å². The molecular formula is C25H28N2O2S2. The fourth-order valence-corrected chi connectivity index (χ4v) is 8.76. The Morgan fingerprint density at radius 2 is 1.81 bits per heavy atom. The first-order valence-corrected chi connectivity index (χ1v) is 13.0. The van der Waals surface area contributed by atoms with Gasteiger partial charge in [-0.05, 0) is 73.8 Å². The number of thiophene rings is 1. The molecule has 0 aliphatic heterocycles. The first-order valence-electron chi connectivity index (χ1n) is 11.4. The van der Waals surface area contributed by atoms with Crippen LogP contribution in [0.5, 0.6) is 0 Å². The summed E-state index contributed by atoms with van der Waals surface area (Å²) in [5.41, 5.74) is -0.185. The van der Waals surface area contributed by atoms with Crippen LogP contribution in [0.2, 0.25) is 0 Å². The van der Waals surface area contributed by atoms with Crippen LogP contribution < -0.4 is 4.80 Å². The molecule has 4 saturated carbocycles. The first kappa shape index (κ1) is 19.9. The lowest BCUT2D eigenvalue weighted by Crippen LogP contribution is -2.49. The summed E-state index contributed by atoms with van der Waals surface area (Å²) in [4.78, 5) is 21.6. The SMILES string of the molecule is COCCn1cc(-c2cc3ccccc3s2)s/c1=N\C(=O)C12CC3CC(CC(C3)C1)C2. The second-order valence-corrected chi connectivity index (χ2v) is 11.9. The van der Waals surface area contributed by atoms with Crippen molar-refractivity contribution >= 4 is 38.7 Å². The fraction of sp³-hybridized carbons (Fsp3) is 0.520. The Morgan fingerprint density at radius 1 is 1.10 bits per heavy atom. The third-order valence-electron chi connectivity index (χ3n) is 7.61. The van der Waals surface area contributed by atoms with Crippen molar-refractivity contribution in [3.63, 3.8) is 0 Å². The molecule has 0 unspecified atom stereocenters. The molecule has 0 N–H and O–H groups in total. The molecule has 6 heteroatoms. The predicted molar refractivity (Wildman–Crippen MR) is 126 cm³/mol. The minimum Gasteiger partial charge on any atom is -0.383 e. The third-order valence-corrected chi connectivity index (χ3v) is 9.95. The molecule has 1 amide bonds. The molecule has 0 atom stereocenters. The Balaban J connectivity index is 1.37. The second kappa shape index (κ2) is 7.68. The molecule has 4 nitrogen and oxygen atoms in total. The predicted octanol–water partition coefficient (Wildman–Crippen LogP) is 5.72. The molecule has 0 saturated heterocycles. The molecule has 0 spiro atoms. The van der Waals surface area contributed by atoms with E-state index >= 15 is 0 Å². The van der Waals surface area contributed by atoms with E-state index in [4.69, 9.17) is 9.73 Å². The number of amides is 1. The van der Waals surface area contributed by atoms with Crippen molar-refractivity contribution in [2.75, 3.05) is 13.7 Å². The molecule has 31 heavy (non-hydrogen) atoms. The highest BCUT2D eigenvalue weighted by Gasteiger charge is 2.54. The molecule has 4 aliphatic carbocycles. The molecule has 162 valence electrons. The number of methoxy groups -OCH3 is 1. The van der Waals surface area contributed by atoms with E-state index < -0.39 is 0 Å². The molecule has 4 bridgehead atoms. The van der Waals surface area contributed by atoms with Gasteiger partial charge in [0.05, 0.1) is 16.9 Å². The number of ether oxygens (including phenoxy) is 1. The maximum atomic E-state index is 13.6. The van der Waals surface area contributed by atoms with E-state index in [0.717, 1.165) is 41.8 Å². The lowest BCUT2D eigenvalue weighted by Gasteiger charge is -2.55. The number of thiazole rings is 1. The summed E-state index contributed by atoms with van der Waals surface area (Å²) in [6.07, 6.45) is 9.37. The number of hydrogen-bond donors (Lipinski definition) is 0. The van der Waals surface area contributed by atoms with E-state index in [1.54, 1.807) is 29.8 Å². The molecule has 3 aromatic rings. The number of nitrogens with zero attached hydrogens (tertiary/aromatic N) is 2. The van der Waals surface area contributed by atoms with E-state index in [1.807, 2.05) is 0 Å². The van der Waals surface area contributed by atoms with Crippen LogP contribution in [0.4, 0.5) is 0 Å². The lowest BCUT2D eigenvalue weighted by molar-refractivity contribution is -0.142. The van der Waals surface area contributed by atoms with Gasteiger partial charge in [-0.1, -0.05) is 29.5 Å². The average molecular weight is 453 g/mol. The van der Waals surface area contributed by atoms with Gasteiger partial charge in [-0.2, -0.15) is 4.99 Å². The van der Waals surface area contributed by atoms with Crippen LogP contribution in [0.25, 0.3) is 19.8 Å². The number of benzene rings is 1.